The number of hydrogen-bond donors (Lipinski definition) is 2. The van der Waals surface area contributed by atoms with Crippen molar-refractivity contribution in [3.8, 4) is 0 Å². The molecule has 0 spiro atoms. The number of hydrogen-bond acceptors (Lipinski definition) is 2. The molecule has 1 aromatic rings. The molecule has 0 aliphatic rings. The van der Waals surface area contributed by atoms with Crippen LogP contribution in [0.1, 0.15) is 18.9 Å². The van der Waals surface area contributed by atoms with Crippen molar-refractivity contribution < 1.29 is 9.90 Å². The molecule has 82 valence electrons. The summed E-state index contributed by atoms with van der Waals surface area (Å²) in [6.45, 7) is 1.96. The van der Waals surface area contributed by atoms with Gasteiger partial charge < -0.3 is 5.11 Å². The molecule has 0 radical (unpaired) electrons. The summed E-state index contributed by atoms with van der Waals surface area (Å²) in [6, 6.07) is 9.68. The lowest BCUT2D eigenvalue weighted by molar-refractivity contribution is -0.141. The molecule has 0 fully saturated rings. The molecule has 0 saturated heterocycles. The number of rotatable bonds is 5. The summed E-state index contributed by atoms with van der Waals surface area (Å²) in [5.74, 6) is -1.17. The Bertz CT molecular complexity index is 311. The maximum absolute atomic E-state index is 11.1. The molecule has 3 heteroatoms. The predicted molar refractivity (Wildman–Crippen MR) is 64.3 cm³/mol. The lowest BCUT2D eigenvalue weighted by Gasteiger charge is -2.17. The van der Waals surface area contributed by atoms with Crippen LogP contribution in [-0.2, 0) is 11.2 Å². The fourth-order valence-corrected chi connectivity index (χ4v) is 1.77. The van der Waals surface area contributed by atoms with E-state index >= 15 is 0 Å². The molecule has 0 heterocycles. The molecule has 0 amide bonds. The topological polar surface area (TPSA) is 37.3 Å². The number of carboxylic acids is 1. The second-order valence-electron chi connectivity index (χ2n) is 3.61. The summed E-state index contributed by atoms with van der Waals surface area (Å²) in [5.41, 5.74) is 1.05. The Balaban J connectivity index is 2.71. The molecule has 1 N–H and O–H groups in total. The number of carboxylic acid groups (broad SMARTS) is 1. The molecular weight excluding hydrogens is 208 g/mol. The molecule has 0 aliphatic carbocycles. The summed E-state index contributed by atoms with van der Waals surface area (Å²) in [5, 5.41) is 9.01. The van der Waals surface area contributed by atoms with Crippen molar-refractivity contribution in [2.24, 2.45) is 5.92 Å². The highest BCUT2D eigenvalue weighted by Crippen LogP contribution is 2.19. The van der Waals surface area contributed by atoms with Crippen LogP contribution in [0.15, 0.2) is 30.3 Å². The summed E-state index contributed by atoms with van der Waals surface area (Å²) in [7, 11) is 0. The average molecular weight is 224 g/mol. The van der Waals surface area contributed by atoms with Crippen molar-refractivity contribution >= 4 is 18.6 Å². The van der Waals surface area contributed by atoms with Crippen LogP contribution in [0.4, 0.5) is 0 Å². The molecule has 2 unspecified atom stereocenters. The summed E-state index contributed by atoms with van der Waals surface area (Å²) >= 11 is 4.31. The van der Waals surface area contributed by atoms with E-state index in [2.05, 4.69) is 12.6 Å². The van der Waals surface area contributed by atoms with Gasteiger partial charge in [0.05, 0.1) is 5.92 Å². The fourth-order valence-electron chi connectivity index (χ4n) is 1.54. The minimum Gasteiger partial charge on any atom is -0.481 e. The molecule has 2 atom stereocenters. The lowest BCUT2D eigenvalue weighted by Crippen LogP contribution is -2.26. The third kappa shape index (κ3) is 3.59. The normalized spacial score (nSPS) is 14.5. The van der Waals surface area contributed by atoms with E-state index in [1.165, 1.54) is 0 Å². The zero-order valence-electron chi connectivity index (χ0n) is 8.76. The molecule has 1 rings (SSSR count). The van der Waals surface area contributed by atoms with Crippen molar-refractivity contribution in [3.63, 3.8) is 0 Å². The van der Waals surface area contributed by atoms with Crippen molar-refractivity contribution in [2.75, 3.05) is 0 Å². The van der Waals surface area contributed by atoms with Gasteiger partial charge in [-0.25, -0.2) is 0 Å². The van der Waals surface area contributed by atoms with Gasteiger partial charge in [-0.05, 0) is 18.4 Å². The van der Waals surface area contributed by atoms with E-state index in [0.717, 1.165) is 12.0 Å². The van der Waals surface area contributed by atoms with E-state index in [0.29, 0.717) is 6.42 Å². The van der Waals surface area contributed by atoms with Crippen molar-refractivity contribution in [3.05, 3.63) is 35.9 Å². The van der Waals surface area contributed by atoms with Gasteiger partial charge in [-0.3, -0.25) is 4.79 Å². The standard InChI is InChI=1S/C12H16O2S/c1-2-11(15)10(12(13)14)8-9-6-4-3-5-7-9/h3-7,10-11,15H,2,8H2,1H3,(H,13,14). The second-order valence-corrected chi connectivity index (χ2v) is 4.27. The largest absolute Gasteiger partial charge is 0.481 e. The van der Waals surface area contributed by atoms with E-state index in [4.69, 9.17) is 5.11 Å². The zero-order chi connectivity index (χ0) is 11.3. The maximum atomic E-state index is 11.1. The Kier molecular flexibility index (Phi) is 4.69. The van der Waals surface area contributed by atoms with Gasteiger partial charge in [0.15, 0.2) is 0 Å². The first-order valence-electron chi connectivity index (χ1n) is 5.10. The molecule has 0 aliphatic heterocycles. The van der Waals surface area contributed by atoms with Gasteiger partial charge in [0, 0.05) is 5.25 Å². The Morgan fingerprint density at radius 2 is 2.00 bits per heavy atom. The summed E-state index contributed by atoms with van der Waals surface area (Å²) in [4.78, 5) is 11.1. The molecular formula is C12H16O2S. The summed E-state index contributed by atoms with van der Waals surface area (Å²) < 4.78 is 0. The number of aliphatic carboxylic acids is 1. The highest BCUT2D eigenvalue weighted by molar-refractivity contribution is 7.81. The van der Waals surface area contributed by atoms with E-state index in [1.54, 1.807) is 0 Å². The first-order valence-corrected chi connectivity index (χ1v) is 5.61. The van der Waals surface area contributed by atoms with Gasteiger partial charge in [-0.15, -0.1) is 0 Å². The van der Waals surface area contributed by atoms with Crippen molar-refractivity contribution in [1.29, 1.82) is 0 Å². The van der Waals surface area contributed by atoms with E-state index in [9.17, 15) is 4.79 Å². The van der Waals surface area contributed by atoms with Gasteiger partial charge >= 0.3 is 5.97 Å². The predicted octanol–water partition coefficient (Wildman–Crippen LogP) is 2.64. The Labute approximate surface area is 95.7 Å². The smallest absolute Gasteiger partial charge is 0.307 e. The van der Waals surface area contributed by atoms with E-state index < -0.39 is 11.9 Å². The first-order chi connectivity index (χ1) is 7.15. The summed E-state index contributed by atoms with van der Waals surface area (Å²) in [6.07, 6.45) is 1.32. The van der Waals surface area contributed by atoms with Gasteiger partial charge in [0.2, 0.25) is 0 Å². The van der Waals surface area contributed by atoms with Gasteiger partial charge in [0.25, 0.3) is 0 Å². The highest BCUT2D eigenvalue weighted by atomic mass is 32.1. The van der Waals surface area contributed by atoms with E-state index in [-0.39, 0.29) is 5.25 Å². The minimum atomic E-state index is -0.763. The zero-order valence-corrected chi connectivity index (χ0v) is 9.65. The number of benzene rings is 1. The Hall–Kier alpha value is -0.960. The quantitative estimate of drug-likeness (QED) is 0.754. The van der Waals surface area contributed by atoms with Gasteiger partial charge in [-0.1, -0.05) is 37.3 Å². The average Bonchev–Trinajstić information content (AvgIpc) is 2.26. The van der Waals surface area contributed by atoms with Crippen LogP contribution in [0.2, 0.25) is 0 Å². The fraction of sp³-hybridized carbons (Fsp3) is 0.417. The maximum Gasteiger partial charge on any atom is 0.307 e. The van der Waals surface area contributed by atoms with Crippen LogP contribution < -0.4 is 0 Å². The van der Waals surface area contributed by atoms with Gasteiger partial charge in [-0.2, -0.15) is 12.6 Å². The SMILES string of the molecule is CCC(S)C(Cc1ccccc1)C(=O)O. The van der Waals surface area contributed by atoms with Crippen LogP contribution in [-0.4, -0.2) is 16.3 Å². The second kappa shape index (κ2) is 5.81. The molecule has 0 bridgehead atoms. The van der Waals surface area contributed by atoms with Crippen molar-refractivity contribution in [2.45, 2.75) is 25.0 Å². The molecule has 15 heavy (non-hydrogen) atoms. The van der Waals surface area contributed by atoms with Crippen LogP contribution in [0.5, 0.6) is 0 Å². The van der Waals surface area contributed by atoms with Crippen LogP contribution >= 0.6 is 12.6 Å². The lowest BCUT2D eigenvalue weighted by atomic mass is 9.95. The monoisotopic (exact) mass is 224 g/mol. The Morgan fingerprint density at radius 1 is 1.40 bits per heavy atom. The molecule has 0 aromatic heterocycles. The van der Waals surface area contributed by atoms with Gasteiger partial charge in [0.1, 0.15) is 0 Å². The Morgan fingerprint density at radius 3 is 2.47 bits per heavy atom. The molecule has 1 aromatic carbocycles. The third-order valence-corrected chi connectivity index (χ3v) is 3.22. The third-order valence-electron chi connectivity index (χ3n) is 2.50. The molecule has 2 nitrogen and oxygen atoms in total. The number of thiol groups is 1. The van der Waals surface area contributed by atoms with Crippen LogP contribution in [0.3, 0.4) is 0 Å². The van der Waals surface area contributed by atoms with Crippen molar-refractivity contribution in [1.82, 2.24) is 0 Å². The highest BCUT2D eigenvalue weighted by Gasteiger charge is 2.24. The van der Waals surface area contributed by atoms with E-state index in [1.807, 2.05) is 37.3 Å². The molecule has 0 saturated carbocycles. The number of carbonyl (C=O) groups is 1. The minimum absolute atomic E-state index is 0.0808. The van der Waals surface area contributed by atoms with Crippen LogP contribution in [0.25, 0.3) is 0 Å². The first kappa shape index (κ1) is 12.1. The van der Waals surface area contributed by atoms with Crippen LogP contribution in [0, 0.1) is 5.92 Å².